The predicted molar refractivity (Wildman–Crippen MR) is 98.5 cm³/mol. The maximum atomic E-state index is 12.7. The molecule has 1 fully saturated rings. The highest BCUT2D eigenvalue weighted by Crippen LogP contribution is 2.19. The van der Waals surface area contributed by atoms with E-state index in [2.05, 4.69) is 39.0 Å². The monoisotopic (exact) mass is 336 g/mol. The van der Waals surface area contributed by atoms with Gasteiger partial charge in [-0.3, -0.25) is 9.69 Å². The minimum absolute atomic E-state index is 0.250. The second kappa shape index (κ2) is 7.23. The first-order chi connectivity index (χ1) is 12.3. The average molecular weight is 336 g/mol. The molecule has 5 heteroatoms. The first-order valence-electron chi connectivity index (χ1n) is 9.02. The van der Waals surface area contributed by atoms with Crippen LogP contribution in [0.3, 0.4) is 0 Å². The molecule has 2 aliphatic heterocycles. The molecule has 5 nitrogen and oxygen atoms in total. The van der Waals surface area contributed by atoms with Crippen LogP contribution in [0.25, 0.3) is 0 Å². The topological polar surface area (TPSA) is 39.7 Å². The van der Waals surface area contributed by atoms with Gasteiger partial charge in [0, 0.05) is 45.5 Å². The molecule has 2 aliphatic rings. The van der Waals surface area contributed by atoms with Crippen molar-refractivity contribution in [3.8, 4) is 0 Å². The Hall–Kier alpha value is -2.40. The quantitative estimate of drug-likeness (QED) is 0.857. The van der Waals surface area contributed by atoms with Crippen LogP contribution < -0.4 is 4.90 Å². The first-order valence-corrected chi connectivity index (χ1v) is 9.02. The van der Waals surface area contributed by atoms with Crippen molar-refractivity contribution in [2.75, 3.05) is 44.2 Å². The van der Waals surface area contributed by atoms with Crippen LogP contribution in [0, 0.1) is 0 Å². The number of rotatable bonds is 3. The van der Waals surface area contributed by atoms with E-state index in [1.165, 1.54) is 11.1 Å². The van der Waals surface area contributed by atoms with E-state index in [4.69, 9.17) is 0 Å². The molecule has 1 saturated heterocycles. The van der Waals surface area contributed by atoms with Gasteiger partial charge in [0.25, 0.3) is 0 Å². The Morgan fingerprint density at radius 2 is 1.68 bits per heavy atom. The van der Waals surface area contributed by atoms with E-state index in [0.717, 1.165) is 51.5 Å². The number of fused-ring (bicyclic) bond motifs is 1. The van der Waals surface area contributed by atoms with Gasteiger partial charge in [0.05, 0.1) is 6.54 Å². The van der Waals surface area contributed by atoms with Crippen molar-refractivity contribution in [2.45, 2.75) is 13.0 Å². The summed E-state index contributed by atoms with van der Waals surface area (Å²) in [5.74, 6) is 1.25. The lowest BCUT2D eigenvalue weighted by molar-refractivity contribution is -0.132. The zero-order chi connectivity index (χ0) is 17.1. The third kappa shape index (κ3) is 3.66. The molecule has 0 aliphatic carbocycles. The third-order valence-corrected chi connectivity index (χ3v) is 5.17. The predicted octanol–water partition coefficient (Wildman–Crippen LogP) is 1.79. The molecule has 0 spiro atoms. The van der Waals surface area contributed by atoms with Crippen molar-refractivity contribution in [2.24, 2.45) is 0 Å². The van der Waals surface area contributed by atoms with Crippen LogP contribution in [0.15, 0.2) is 48.7 Å². The number of pyridine rings is 1. The normalized spacial score (nSPS) is 18.1. The van der Waals surface area contributed by atoms with E-state index in [1.807, 2.05) is 29.3 Å². The fourth-order valence-corrected chi connectivity index (χ4v) is 3.71. The lowest BCUT2D eigenvalue weighted by Crippen LogP contribution is -2.51. The van der Waals surface area contributed by atoms with Gasteiger partial charge in [-0.2, -0.15) is 0 Å². The van der Waals surface area contributed by atoms with Crippen LogP contribution in [-0.4, -0.2) is 60.0 Å². The number of carbonyl (C=O) groups is 1. The Morgan fingerprint density at radius 1 is 0.920 bits per heavy atom. The Labute approximate surface area is 148 Å². The third-order valence-electron chi connectivity index (χ3n) is 5.17. The Kier molecular flexibility index (Phi) is 4.65. The van der Waals surface area contributed by atoms with E-state index in [9.17, 15) is 4.79 Å². The van der Waals surface area contributed by atoms with E-state index < -0.39 is 0 Å². The summed E-state index contributed by atoms with van der Waals surface area (Å²) in [7, 11) is 0. The van der Waals surface area contributed by atoms with E-state index in [-0.39, 0.29) is 5.91 Å². The number of piperazine rings is 1. The summed E-state index contributed by atoms with van der Waals surface area (Å²) in [6.45, 7) is 5.64. The SMILES string of the molecule is O=C(CN1CCc2ccccc2C1)N1CCN(c2ccccn2)CC1. The molecule has 0 unspecified atom stereocenters. The molecular formula is C20H24N4O. The fraction of sp³-hybridized carbons (Fsp3) is 0.400. The molecule has 0 N–H and O–H groups in total. The number of hydrogen-bond donors (Lipinski definition) is 0. The van der Waals surface area contributed by atoms with Gasteiger partial charge in [-0.1, -0.05) is 30.3 Å². The maximum Gasteiger partial charge on any atom is 0.236 e. The molecule has 1 amide bonds. The first kappa shape index (κ1) is 16.1. The molecule has 25 heavy (non-hydrogen) atoms. The molecular weight excluding hydrogens is 312 g/mol. The highest BCUT2D eigenvalue weighted by molar-refractivity contribution is 5.78. The molecule has 2 aromatic rings. The van der Waals surface area contributed by atoms with Crippen LogP contribution in [0.5, 0.6) is 0 Å². The van der Waals surface area contributed by atoms with Gasteiger partial charge in [-0.15, -0.1) is 0 Å². The van der Waals surface area contributed by atoms with Crippen LogP contribution >= 0.6 is 0 Å². The fourth-order valence-electron chi connectivity index (χ4n) is 3.71. The lowest BCUT2D eigenvalue weighted by atomic mass is 10.00. The summed E-state index contributed by atoms with van der Waals surface area (Å²) in [5, 5.41) is 0. The minimum Gasteiger partial charge on any atom is -0.353 e. The zero-order valence-electron chi connectivity index (χ0n) is 14.5. The smallest absolute Gasteiger partial charge is 0.236 e. The molecule has 0 radical (unpaired) electrons. The molecule has 0 atom stereocenters. The molecule has 3 heterocycles. The average Bonchev–Trinajstić information content (AvgIpc) is 2.69. The van der Waals surface area contributed by atoms with E-state index >= 15 is 0 Å². The van der Waals surface area contributed by atoms with Gasteiger partial charge in [0.2, 0.25) is 5.91 Å². The summed E-state index contributed by atoms with van der Waals surface area (Å²) in [4.78, 5) is 23.6. The summed E-state index contributed by atoms with van der Waals surface area (Å²) >= 11 is 0. The molecule has 1 aromatic heterocycles. The zero-order valence-corrected chi connectivity index (χ0v) is 14.5. The van der Waals surface area contributed by atoms with Crippen LogP contribution in [-0.2, 0) is 17.8 Å². The summed E-state index contributed by atoms with van der Waals surface area (Å²) < 4.78 is 0. The molecule has 4 rings (SSSR count). The number of amides is 1. The molecule has 1 aromatic carbocycles. The van der Waals surface area contributed by atoms with Crippen molar-refractivity contribution < 1.29 is 4.79 Å². The Bertz CT molecular complexity index is 725. The highest BCUT2D eigenvalue weighted by Gasteiger charge is 2.24. The summed E-state index contributed by atoms with van der Waals surface area (Å²) in [6.07, 6.45) is 2.86. The Morgan fingerprint density at radius 3 is 2.44 bits per heavy atom. The number of carbonyl (C=O) groups excluding carboxylic acids is 1. The van der Waals surface area contributed by atoms with Crippen molar-refractivity contribution in [3.05, 3.63) is 59.8 Å². The van der Waals surface area contributed by atoms with Crippen LogP contribution in [0.1, 0.15) is 11.1 Å². The maximum absolute atomic E-state index is 12.7. The summed E-state index contributed by atoms with van der Waals surface area (Å²) in [6, 6.07) is 14.5. The number of benzene rings is 1. The van der Waals surface area contributed by atoms with Gasteiger partial charge in [0.1, 0.15) is 5.82 Å². The van der Waals surface area contributed by atoms with Crippen LogP contribution in [0.2, 0.25) is 0 Å². The second-order valence-electron chi connectivity index (χ2n) is 6.79. The number of hydrogen-bond acceptors (Lipinski definition) is 4. The molecule has 130 valence electrons. The summed E-state index contributed by atoms with van der Waals surface area (Å²) in [5.41, 5.74) is 2.79. The van der Waals surface area contributed by atoms with Crippen molar-refractivity contribution >= 4 is 11.7 Å². The van der Waals surface area contributed by atoms with Gasteiger partial charge in [0.15, 0.2) is 0 Å². The van der Waals surface area contributed by atoms with E-state index in [1.54, 1.807) is 0 Å². The van der Waals surface area contributed by atoms with Gasteiger partial charge in [-0.05, 0) is 29.7 Å². The van der Waals surface area contributed by atoms with Crippen molar-refractivity contribution in [3.63, 3.8) is 0 Å². The largest absolute Gasteiger partial charge is 0.353 e. The minimum atomic E-state index is 0.250. The number of anilines is 1. The van der Waals surface area contributed by atoms with Crippen molar-refractivity contribution in [1.29, 1.82) is 0 Å². The molecule has 0 saturated carbocycles. The van der Waals surface area contributed by atoms with E-state index in [0.29, 0.717) is 6.54 Å². The van der Waals surface area contributed by atoms with Gasteiger partial charge < -0.3 is 9.80 Å². The van der Waals surface area contributed by atoms with Gasteiger partial charge >= 0.3 is 0 Å². The second-order valence-corrected chi connectivity index (χ2v) is 6.79. The van der Waals surface area contributed by atoms with Gasteiger partial charge in [-0.25, -0.2) is 4.98 Å². The van der Waals surface area contributed by atoms with Crippen LogP contribution in [0.4, 0.5) is 5.82 Å². The molecule has 0 bridgehead atoms. The Balaban J connectivity index is 1.30. The number of nitrogens with zero attached hydrogens (tertiary/aromatic N) is 4. The number of aromatic nitrogens is 1. The standard InChI is InChI=1S/C20H24N4O/c25-20(16-22-10-8-17-5-1-2-6-18(17)15-22)24-13-11-23(12-14-24)19-7-3-4-9-21-19/h1-7,9H,8,10-16H2. The van der Waals surface area contributed by atoms with Crippen molar-refractivity contribution in [1.82, 2.24) is 14.8 Å². The highest BCUT2D eigenvalue weighted by atomic mass is 16.2. The lowest BCUT2D eigenvalue weighted by Gasteiger charge is -2.37.